The first-order chi connectivity index (χ1) is 13.1. The molecular weight excluding hydrogens is 342 g/mol. The maximum Gasteiger partial charge on any atom is 0.291 e. The van der Waals surface area contributed by atoms with Gasteiger partial charge in [-0.05, 0) is 32.4 Å². The Kier molecular flexibility index (Phi) is 4.94. The molecule has 2 aromatic heterocycles. The zero-order valence-corrected chi connectivity index (χ0v) is 15.6. The largest absolute Gasteiger partial charge is 0.353 e. The number of aromatic amines is 1. The van der Waals surface area contributed by atoms with E-state index in [2.05, 4.69) is 27.2 Å². The monoisotopic (exact) mass is 367 g/mol. The second-order valence-corrected chi connectivity index (χ2v) is 7.30. The molecular formula is C20H25N5O2. The third kappa shape index (κ3) is 3.60. The molecule has 1 aromatic carbocycles. The van der Waals surface area contributed by atoms with E-state index in [0.717, 1.165) is 29.4 Å². The highest BCUT2D eigenvalue weighted by Crippen LogP contribution is 2.21. The lowest BCUT2D eigenvalue weighted by molar-refractivity contribution is -0.122. The smallest absolute Gasteiger partial charge is 0.291 e. The van der Waals surface area contributed by atoms with E-state index < -0.39 is 0 Å². The molecule has 7 heteroatoms. The second-order valence-electron chi connectivity index (χ2n) is 7.30. The van der Waals surface area contributed by atoms with Gasteiger partial charge >= 0.3 is 0 Å². The van der Waals surface area contributed by atoms with Crippen LogP contribution in [0.3, 0.4) is 0 Å². The number of hydrogen-bond acceptors (Lipinski definition) is 4. The molecule has 1 amide bonds. The molecule has 3 heterocycles. The number of para-hydroxylation sites is 1. The summed E-state index contributed by atoms with van der Waals surface area (Å²) in [6, 6.07) is 8.30. The Morgan fingerprint density at radius 1 is 1.30 bits per heavy atom. The molecule has 1 fully saturated rings. The minimum absolute atomic E-state index is 0.0697. The van der Waals surface area contributed by atoms with E-state index in [-0.39, 0.29) is 18.0 Å². The number of likely N-dealkylation sites (tertiary alicyclic amines) is 1. The van der Waals surface area contributed by atoms with Crippen molar-refractivity contribution in [2.24, 2.45) is 0 Å². The third-order valence-electron chi connectivity index (χ3n) is 5.48. The predicted octanol–water partition coefficient (Wildman–Crippen LogP) is 1.87. The van der Waals surface area contributed by atoms with Crippen LogP contribution in [0.15, 0.2) is 35.3 Å². The van der Waals surface area contributed by atoms with E-state index in [1.165, 1.54) is 23.9 Å². The molecule has 7 nitrogen and oxygen atoms in total. The van der Waals surface area contributed by atoms with Crippen molar-refractivity contribution in [3.63, 3.8) is 0 Å². The van der Waals surface area contributed by atoms with Gasteiger partial charge in [0.2, 0.25) is 5.91 Å². The minimum atomic E-state index is -0.275. The van der Waals surface area contributed by atoms with Gasteiger partial charge in [-0.2, -0.15) is 5.10 Å². The van der Waals surface area contributed by atoms with Crippen molar-refractivity contribution in [2.75, 3.05) is 19.6 Å². The number of hydrogen-bond donors (Lipinski definition) is 2. The van der Waals surface area contributed by atoms with Crippen LogP contribution in [0.1, 0.15) is 26.2 Å². The van der Waals surface area contributed by atoms with Crippen LogP contribution in [-0.4, -0.2) is 51.2 Å². The number of nitrogens with one attached hydrogen (secondary N) is 2. The Hall–Kier alpha value is -2.67. The maximum absolute atomic E-state index is 12.7. The molecule has 0 radical (unpaired) electrons. The van der Waals surface area contributed by atoms with Crippen LogP contribution >= 0.6 is 0 Å². The lowest BCUT2D eigenvalue weighted by atomic mass is 10.0. The summed E-state index contributed by atoms with van der Waals surface area (Å²) in [5, 5.41) is 8.85. The van der Waals surface area contributed by atoms with Crippen molar-refractivity contribution < 1.29 is 4.79 Å². The number of amides is 1. The summed E-state index contributed by atoms with van der Waals surface area (Å²) in [5.74, 6) is -0.190. The summed E-state index contributed by atoms with van der Waals surface area (Å²) >= 11 is 0. The predicted molar refractivity (Wildman–Crippen MR) is 106 cm³/mol. The van der Waals surface area contributed by atoms with Gasteiger partial charge in [0.15, 0.2) is 0 Å². The van der Waals surface area contributed by atoms with E-state index in [9.17, 15) is 9.59 Å². The van der Waals surface area contributed by atoms with Gasteiger partial charge in [0.25, 0.3) is 5.56 Å². The number of aromatic nitrogens is 3. The van der Waals surface area contributed by atoms with Gasteiger partial charge in [0.05, 0.1) is 6.20 Å². The molecule has 1 aliphatic heterocycles. The summed E-state index contributed by atoms with van der Waals surface area (Å²) in [5.41, 5.74) is 1.11. The van der Waals surface area contributed by atoms with Crippen LogP contribution in [0, 0.1) is 0 Å². The molecule has 0 unspecified atom stereocenters. The van der Waals surface area contributed by atoms with Crippen LogP contribution in [-0.2, 0) is 11.3 Å². The van der Waals surface area contributed by atoms with Crippen LogP contribution in [0.5, 0.6) is 0 Å². The summed E-state index contributed by atoms with van der Waals surface area (Å²) in [6.45, 7) is 4.69. The molecule has 1 saturated heterocycles. The van der Waals surface area contributed by atoms with Crippen molar-refractivity contribution in [3.05, 3.63) is 40.8 Å². The maximum atomic E-state index is 12.7. The Morgan fingerprint density at radius 2 is 2.15 bits per heavy atom. The number of rotatable bonds is 5. The zero-order valence-electron chi connectivity index (χ0n) is 15.6. The quantitative estimate of drug-likeness (QED) is 0.721. The third-order valence-corrected chi connectivity index (χ3v) is 5.48. The molecule has 0 bridgehead atoms. The molecule has 4 rings (SSSR count). The summed E-state index contributed by atoms with van der Waals surface area (Å²) in [6.07, 6.45) is 5.38. The topological polar surface area (TPSA) is 83.0 Å². The lowest BCUT2D eigenvalue weighted by Crippen LogP contribution is -2.43. The van der Waals surface area contributed by atoms with Crippen molar-refractivity contribution >= 4 is 27.7 Å². The molecule has 27 heavy (non-hydrogen) atoms. The van der Waals surface area contributed by atoms with E-state index in [0.29, 0.717) is 18.1 Å². The highest BCUT2D eigenvalue weighted by molar-refractivity contribution is 6.06. The van der Waals surface area contributed by atoms with E-state index in [1.54, 1.807) is 6.20 Å². The van der Waals surface area contributed by atoms with E-state index in [4.69, 9.17) is 0 Å². The molecule has 0 spiro atoms. The molecule has 3 aromatic rings. The molecule has 142 valence electrons. The Balaban J connectivity index is 1.42. The highest BCUT2D eigenvalue weighted by Gasteiger charge is 2.18. The standard InChI is InChI=1S/C20H25N5O2/c1-14-6-4-5-10-24(14)11-9-21-18(26)13-25-20(27)19-16(12-22-25)15-7-2-3-8-17(15)23-19/h2-3,7-8,12,14,23H,4-6,9-11,13H2,1H3,(H,21,26)/t14-/m0/s1. The van der Waals surface area contributed by atoms with Crippen molar-refractivity contribution in [2.45, 2.75) is 38.8 Å². The van der Waals surface area contributed by atoms with Crippen molar-refractivity contribution in [3.8, 4) is 0 Å². The number of H-pyrrole nitrogens is 1. The Labute approximate surface area is 157 Å². The first-order valence-electron chi connectivity index (χ1n) is 9.61. The second kappa shape index (κ2) is 7.52. The van der Waals surface area contributed by atoms with E-state index in [1.807, 2.05) is 24.3 Å². The van der Waals surface area contributed by atoms with Gasteiger partial charge in [0, 0.05) is 35.4 Å². The van der Waals surface area contributed by atoms with Crippen molar-refractivity contribution in [1.82, 2.24) is 25.0 Å². The summed E-state index contributed by atoms with van der Waals surface area (Å²) in [7, 11) is 0. The fourth-order valence-corrected chi connectivity index (χ4v) is 3.91. The van der Waals surface area contributed by atoms with Gasteiger partial charge in [0.1, 0.15) is 12.1 Å². The number of benzene rings is 1. The minimum Gasteiger partial charge on any atom is -0.353 e. The van der Waals surface area contributed by atoms with Crippen LogP contribution < -0.4 is 10.9 Å². The van der Waals surface area contributed by atoms with E-state index >= 15 is 0 Å². The number of carbonyl (C=O) groups excluding carboxylic acids is 1. The fourth-order valence-electron chi connectivity index (χ4n) is 3.91. The first-order valence-corrected chi connectivity index (χ1v) is 9.61. The average molecular weight is 367 g/mol. The average Bonchev–Trinajstić information content (AvgIpc) is 3.05. The van der Waals surface area contributed by atoms with Crippen LogP contribution in [0.4, 0.5) is 0 Å². The van der Waals surface area contributed by atoms with Gasteiger partial charge in [-0.15, -0.1) is 0 Å². The lowest BCUT2D eigenvalue weighted by Gasteiger charge is -2.33. The zero-order chi connectivity index (χ0) is 18.8. The Bertz CT molecular complexity index is 1020. The molecule has 2 N–H and O–H groups in total. The molecule has 1 aliphatic rings. The number of fused-ring (bicyclic) bond motifs is 3. The van der Waals surface area contributed by atoms with Gasteiger partial charge in [-0.1, -0.05) is 24.6 Å². The molecule has 1 atom stereocenters. The normalized spacial score (nSPS) is 18.2. The van der Waals surface area contributed by atoms with Crippen molar-refractivity contribution in [1.29, 1.82) is 0 Å². The number of nitrogens with zero attached hydrogens (tertiary/aromatic N) is 3. The number of carbonyl (C=O) groups is 1. The fraction of sp³-hybridized carbons (Fsp3) is 0.450. The van der Waals surface area contributed by atoms with Crippen LogP contribution in [0.25, 0.3) is 21.8 Å². The van der Waals surface area contributed by atoms with Gasteiger partial charge in [-0.3, -0.25) is 14.5 Å². The first kappa shape index (κ1) is 17.7. The van der Waals surface area contributed by atoms with Gasteiger partial charge < -0.3 is 10.3 Å². The SMILES string of the molecule is C[C@H]1CCCCN1CCNC(=O)Cn1ncc2c([nH]c3ccccc32)c1=O. The number of piperidine rings is 1. The Morgan fingerprint density at radius 3 is 3.00 bits per heavy atom. The van der Waals surface area contributed by atoms with Crippen LogP contribution in [0.2, 0.25) is 0 Å². The highest BCUT2D eigenvalue weighted by atomic mass is 16.2. The summed E-state index contributed by atoms with van der Waals surface area (Å²) < 4.78 is 1.22. The molecule has 0 aliphatic carbocycles. The summed E-state index contributed by atoms with van der Waals surface area (Å²) in [4.78, 5) is 30.5. The van der Waals surface area contributed by atoms with Gasteiger partial charge in [-0.25, -0.2) is 4.68 Å². The molecule has 0 saturated carbocycles.